The fourth-order valence-corrected chi connectivity index (χ4v) is 4.73. The van der Waals surface area contributed by atoms with Crippen molar-refractivity contribution in [3.8, 4) is 0 Å². The van der Waals surface area contributed by atoms with E-state index >= 15 is 0 Å². The van der Waals surface area contributed by atoms with Gasteiger partial charge < -0.3 is 26.0 Å². The summed E-state index contributed by atoms with van der Waals surface area (Å²) in [5.41, 5.74) is 7.09. The van der Waals surface area contributed by atoms with Gasteiger partial charge in [0.2, 0.25) is 11.8 Å². The number of benzene rings is 1. The highest BCUT2D eigenvalue weighted by atomic mass is 16.5. The third kappa shape index (κ3) is 6.45. The first kappa shape index (κ1) is 24.0. The molecule has 2 unspecified atom stereocenters. The van der Waals surface area contributed by atoms with Crippen LogP contribution in [-0.4, -0.2) is 49.6 Å². The average molecular weight is 445 g/mol. The highest BCUT2D eigenvalue weighted by Gasteiger charge is 2.28. The van der Waals surface area contributed by atoms with Crippen LogP contribution in [-0.2, 0) is 14.3 Å². The van der Waals surface area contributed by atoms with Crippen LogP contribution in [0.2, 0.25) is 0 Å². The van der Waals surface area contributed by atoms with E-state index in [1.165, 1.54) is 25.7 Å². The summed E-state index contributed by atoms with van der Waals surface area (Å²) in [6.45, 7) is 5.57. The van der Waals surface area contributed by atoms with Gasteiger partial charge in [0.05, 0.1) is 24.6 Å². The second kappa shape index (κ2) is 11.3. The topological polar surface area (TPSA) is 114 Å². The number of rotatable bonds is 9. The van der Waals surface area contributed by atoms with Crippen molar-refractivity contribution in [1.82, 2.24) is 5.32 Å². The number of ether oxygens (including phenoxy) is 1. The smallest absolute Gasteiger partial charge is 0.251 e. The average Bonchev–Trinajstić information content (AvgIpc) is 3.26. The van der Waals surface area contributed by atoms with Crippen LogP contribution >= 0.6 is 0 Å². The van der Waals surface area contributed by atoms with Gasteiger partial charge in [0.15, 0.2) is 0 Å². The maximum Gasteiger partial charge on any atom is 0.251 e. The van der Waals surface area contributed by atoms with Gasteiger partial charge in [-0.25, -0.2) is 0 Å². The van der Waals surface area contributed by atoms with E-state index < -0.39 is 5.91 Å². The highest BCUT2D eigenvalue weighted by Crippen LogP contribution is 2.33. The SMILES string of the molecule is CC1COCC(C)N1c1ccc(C(=O)NCCC(N)=O)cc1NC(=O)CCC1CCCC1. The van der Waals surface area contributed by atoms with E-state index in [9.17, 15) is 14.4 Å². The first-order valence-corrected chi connectivity index (χ1v) is 11.7. The largest absolute Gasteiger partial charge is 0.377 e. The Balaban J connectivity index is 1.77. The maximum absolute atomic E-state index is 12.8. The number of hydrogen-bond acceptors (Lipinski definition) is 5. The Bertz CT molecular complexity index is 812. The molecule has 1 aliphatic carbocycles. The Kier molecular flexibility index (Phi) is 8.50. The lowest BCUT2D eigenvalue weighted by molar-refractivity contribution is -0.118. The van der Waals surface area contributed by atoms with Crippen molar-refractivity contribution in [3.63, 3.8) is 0 Å². The number of nitrogens with two attached hydrogens (primary N) is 1. The fourth-order valence-electron chi connectivity index (χ4n) is 4.73. The molecule has 3 amide bonds. The molecular weight excluding hydrogens is 408 g/mol. The molecule has 3 rings (SSSR count). The summed E-state index contributed by atoms with van der Waals surface area (Å²) in [6, 6.07) is 5.63. The highest BCUT2D eigenvalue weighted by molar-refractivity contribution is 6.00. The zero-order valence-electron chi connectivity index (χ0n) is 19.2. The van der Waals surface area contributed by atoms with Crippen molar-refractivity contribution in [2.45, 2.75) is 70.9 Å². The van der Waals surface area contributed by atoms with Gasteiger partial charge in [-0.3, -0.25) is 14.4 Å². The van der Waals surface area contributed by atoms with Gasteiger partial charge in [-0.2, -0.15) is 0 Å². The fraction of sp³-hybridized carbons (Fsp3) is 0.625. The van der Waals surface area contributed by atoms with Crippen LogP contribution in [0.3, 0.4) is 0 Å². The van der Waals surface area contributed by atoms with Crippen molar-refractivity contribution in [3.05, 3.63) is 23.8 Å². The second-order valence-electron chi connectivity index (χ2n) is 9.08. The van der Waals surface area contributed by atoms with Crippen LogP contribution in [0.5, 0.6) is 0 Å². The molecule has 0 radical (unpaired) electrons. The molecule has 8 heteroatoms. The summed E-state index contributed by atoms with van der Waals surface area (Å²) in [6.07, 6.45) is 6.40. The van der Waals surface area contributed by atoms with Gasteiger partial charge in [-0.15, -0.1) is 0 Å². The van der Waals surface area contributed by atoms with Gasteiger partial charge in [-0.1, -0.05) is 25.7 Å². The number of carbonyl (C=O) groups excluding carboxylic acids is 3. The van der Waals surface area contributed by atoms with Crippen molar-refractivity contribution >= 4 is 29.1 Å². The van der Waals surface area contributed by atoms with Crippen LogP contribution in [0.25, 0.3) is 0 Å². The lowest BCUT2D eigenvalue weighted by Gasteiger charge is -2.41. The molecule has 176 valence electrons. The van der Waals surface area contributed by atoms with E-state index in [1.54, 1.807) is 12.1 Å². The van der Waals surface area contributed by atoms with Crippen LogP contribution in [0.4, 0.5) is 11.4 Å². The Hall–Kier alpha value is -2.61. The van der Waals surface area contributed by atoms with Gasteiger partial charge in [0.25, 0.3) is 5.91 Å². The molecule has 1 aromatic carbocycles. The summed E-state index contributed by atoms with van der Waals surface area (Å²) in [4.78, 5) is 38.5. The Morgan fingerprint density at radius 2 is 1.78 bits per heavy atom. The first-order valence-electron chi connectivity index (χ1n) is 11.7. The van der Waals surface area contributed by atoms with E-state index in [0.29, 0.717) is 36.8 Å². The normalized spacial score (nSPS) is 21.4. The molecule has 1 aromatic rings. The predicted octanol–water partition coefficient (Wildman–Crippen LogP) is 2.81. The van der Waals surface area contributed by atoms with Gasteiger partial charge in [0.1, 0.15) is 0 Å². The molecular formula is C24H36N4O4. The predicted molar refractivity (Wildman–Crippen MR) is 125 cm³/mol. The summed E-state index contributed by atoms with van der Waals surface area (Å²) in [5.74, 6) is -0.159. The van der Waals surface area contributed by atoms with Gasteiger partial charge >= 0.3 is 0 Å². The van der Waals surface area contributed by atoms with Crippen LogP contribution in [0.1, 0.15) is 69.2 Å². The molecule has 8 nitrogen and oxygen atoms in total. The van der Waals surface area contributed by atoms with Crippen molar-refractivity contribution in [1.29, 1.82) is 0 Å². The van der Waals surface area contributed by atoms with Crippen molar-refractivity contribution in [2.24, 2.45) is 11.7 Å². The van der Waals surface area contributed by atoms with E-state index in [2.05, 4.69) is 29.4 Å². The van der Waals surface area contributed by atoms with Crippen LogP contribution < -0.4 is 21.3 Å². The molecule has 0 spiro atoms. The standard InChI is InChI=1S/C24H36N4O4/c1-16-14-32-15-17(2)28(16)21-9-8-19(24(31)26-12-11-22(25)29)13-20(21)27-23(30)10-7-18-5-3-4-6-18/h8-9,13,16-18H,3-7,10-12,14-15H2,1-2H3,(H2,25,29)(H,26,31)(H,27,30). The lowest BCUT2D eigenvalue weighted by atomic mass is 10.0. The Morgan fingerprint density at radius 1 is 1.09 bits per heavy atom. The number of amides is 3. The number of anilines is 2. The van der Waals surface area contributed by atoms with Crippen molar-refractivity contribution in [2.75, 3.05) is 30.0 Å². The molecule has 1 heterocycles. The quantitative estimate of drug-likeness (QED) is 0.542. The zero-order valence-corrected chi connectivity index (χ0v) is 19.2. The molecule has 1 saturated heterocycles. The number of nitrogens with zero attached hydrogens (tertiary/aromatic N) is 1. The lowest BCUT2D eigenvalue weighted by Crippen LogP contribution is -2.50. The number of nitrogens with one attached hydrogen (secondary N) is 2. The molecule has 0 aromatic heterocycles. The molecule has 1 saturated carbocycles. The molecule has 1 aliphatic heterocycles. The van der Waals surface area contributed by atoms with Crippen LogP contribution in [0.15, 0.2) is 18.2 Å². The van der Waals surface area contributed by atoms with Gasteiger partial charge in [-0.05, 0) is 44.4 Å². The van der Waals surface area contributed by atoms with Crippen molar-refractivity contribution < 1.29 is 19.1 Å². The molecule has 2 atom stereocenters. The number of morpholine rings is 1. The van der Waals surface area contributed by atoms with Crippen LogP contribution in [0, 0.1) is 5.92 Å². The Morgan fingerprint density at radius 3 is 2.44 bits per heavy atom. The summed E-state index contributed by atoms with van der Waals surface area (Å²) in [7, 11) is 0. The zero-order chi connectivity index (χ0) is 23.1. The maximum atomic E-state index is 12.8. The molecule has 32 heavy (non-hydrogen) atoms. The number of primary amides is 1. The minimum absolute atomic E-state index is 0.0296. The van der Waals surface area contributed by atoms with Gasteiger partial charge in [0, 0.05) is 37.0 Å². The van der Waals surface area contributed by atoms with E-state index in [-0.39, 0.29) is 36.9 Å². The summed E-state index contributed by atoms with van der Waals surface area (Å²) >= 11 is 0. The minimum atomic E-state index is -0.467. The van der Waals surface area contributed by atoms with E-state index in [0.717, 1.165) is 12.1 Å². The monoisotopic (exact) mass is 444 g/mol. The number of carbonyl (C=O) groups is 3. The van der Waals surface area contributed by atoms with E-state index in [1.807, 2.05) is 6.07 Å². The second-order valence-corrected chi connectivity index (χ2v) is 9.08. The molecule has 2 fully saturated rings. The first-order chi connectivity index (χ1) is 15.3. The number of hydrogen-bond donors (Lipinski definition) is 3. The summed E-state index contributed by atoms with van der Waals surface area (Å²) in [5, 5.41) is 5.77. The molecule has 2 aliphatic rings. The van der Waals surface area contributed by atoms with E-state index in [4.69, 9.17) is 10.5 Å². The minimum Gasteiger partial charge on any atom is -0.377 e. The summed E-state index contributed by atoms with van der Waals surface area (Å²) < 4.78 is 5.66. The third-order valence-electron chi connectivity index (χ3n) is 6.39. The molecule has 4 N–H and O–H groups in total. The molecule has 0 bridgehead atoms. The Labute approximate surface area is 190 Å². The third-order valence-corrected chi connectivity index (χ3v) is 6.39.